The molecule has 0 saturated carbocycles. The number of fused-ring (bicyclic) bond motifs is 1. The van der Waals surface area contributed by atoms with E-state index in [2.05, 4.69) is 15.6 Å². The van der Waals surface area contributed by atoms with Crippen molar-refractivity contribution in [3.8, 4) is 0 Å². The van der Waals surface area contributed by atoms with Gasteiger partial charge in [0.15, 0.2) is 0 Å². The lowest BCUT2D eigenvalue weighted by Gasteiger charge is -2.32. The second kappa shape index (κ2) is 8.92. The van der Waals surface area contributed by atoms with Gasteiger partial charge < -0.3 is 10.2 Å². The number of nitrogens with one attached hydrogen (secondary N) is 1. The zero-order chi connectivity index (χ0) is 16.9. The maximum atomic E-state index is 12.4. The summed E-state index contributed by atoms with van der Waals surface area (Å²) in [5.74, 6) is 0.591. The summed E-state index contributed by atoms with van der Waals surface area (Å²) in [6.07, 6.45) is 2.47. The van der Waals surface area contributed by atoms with Gasteiger partial charge in [-0.2, -0.15) is 0 Å². The minimum absolute atomic E-state index is 0. The van der Waals surface area contributed by atoms with Crippen LogP contribution in [-0.2, 0) is 11.3 Å². The molecule has 3 rings (SSSR count). The first kappa shape index (κ1) is 19.3. The van der Waals surface area contributed by atoms with Gasteiger partial charge in [0.05, 0.1) is 11.9 Å². The number of carbonyl (C=O) groups is 1. The van der Waals surface area contributed by atoms with Crippen LogP contribution in [0.15, 0.2) is 29.1 Å². The molecule has 1 atom stereocenters. The summed E-state index contributed by atoms with van der Waals surface area (Å²) in [5, 5.41) is 11.7. The maximum absolute atomic E-state index is 12.4. The van der Waals surface area contributed by atoms with E-state index >= 15 is 0 Å². The Hall–Kier alpha value is -1.99. The fraction of sp³-hybridized carbons (Fsp3) is 0.529. The zero-order valence-electron chi connectivity index (χ0n) is 14.4. The molecule has 1 aliphatic heterocycles. The number of rotatable bonds is 5. The van der Waals surface area contributed by atoms with Crippen molar-refractivity contribution in [3.63, 3.8) is 0 Å². The second-order valence-electron chi connectivity index (χ2n) is 6.29. The van der Waals surface area contributed by atoms with Gasteiger partial charge in [-0.15, -0.1) is 17.5 Å². The average Bonchev–Trinajstić information content (AvgIpc) is 2.62. The van der Waals surface area contributed by atoms with Crippen molar-refractivity contribution in [2.45, 2.75) is 25.8 Å². The van der Waals surface area contributed by atoms with Gasteiger partial charge in [-0.05, 0) is 44.5 Å². The fourth-order valence-electron chi connectivity index (χ4n) is 3.28. The SMILES string of the molecule is CNCC1CCCN(C(=O)CCn2nnc3ccccc3c2=O)C1.Cl. The van der Waals surface area contributed by atoms with Crippen LogP contribution in [0.25, 0.3) is 10.9 Å². The van der Waals surface area contributed by atoms with E-state index in [9.17, 15) is 9.59 Å². The van der Waals surface area contributed by atoms with E-state index in [4.69, 9.17) is 0 Å². The Kier molecular flexibility index (Phi) is 6.90. The van der Waals surface area contributed by atoms with Crippen LogP contribution in [0.5, 0.6) is 0 Å². The Bertz CT molecular complexity index is 777. The molecular formula is C17H24ClN5O2. The van der Waals surface area contributed by atoms with E-state index in [1.54, 1.807) is 18.2 Å². The third kappa shape index (κ3) is 4.55. The predicted molar refractivity (Wildman–Crippen MR) is 98.9 cm³/mol. The topological polar surface area (TPSA) is 80.1 Å². The van der Waals surface area contributed by atoms with Crippen molar-refractivity contribution in [1.29, 1.82) is 0 Å². The van der Waals surface area contributed by atoms with Gasteiger partial charge in [-0.25, -0.2) is 4.68 Å². The summed E-state index contributed by atoms with van der Waals surface area (Å²) in [4.78, 5) is 26.7. The number of likely N-dealkylation sites (tertiary alicyclic amines) is 1. The van der Waals surface area contributed by atoms with Crippen molar-refractivity contribution >= 4 is 29.2 Å². The molecule has 1 saturated heterocycles. The molecule has 0 bridgehead atoms. The molecule has 1 fully saturated rings. The molecule has 1 aromatic heterocycles. The number of hydrogen-bond donors (Lipinski definition) is 1. The van der Waals surface area contributed by atoms with Gasteiger partial charge in [-0.1, -0.05) is 17.3 Å². The van der Waals surface area contributed by atoms with E-state index in [0.29, 0.717) is 16.8 Å². The van der Waals surface area contributed by atoms with Crippen LogP contribution in [0.3, 0.4) is 0 Å². The molecule has 136 valence electrons. The molecule has 1 aliphatic rings. The summed E-state index contributed by atoms with van der Waals surface area (Å²) in [6, 6.07) is 7.12. The number of halogens is 1. The van der Waals surface area contributed by atoms with Crippen molar-refractivity contribution in [2.75, 3.05) is 26.7 Å². The van der Waals surface area contributed by atoms with Crippen molar-refractivity contribution in [2.24, 2.45) is 5.92 Å². The molecular weight excluding hydrogens is 342 g/mol. The molecule has 1 N–H and O–H groups in total. The number of benzene rings is 1. The van der Waals surface area contributed by atoms with Crippen LogP contribution < -0.4 is 10.9 Å². The molecule has 25 heavy (non-hydrogen) atoms. The quantitative estimate of drug-likeness (QED) is 0.857. The highest BCUT2D eigenvalue weighted by Gasteiger charge is 2.23. The molecule has 1 amide bonds. The third-order valence-corrected chi connectivity index (χ3v) is 4.53. The Morgan fingerprint density at radius 2 is 2.16 bits per heavy atom. The first-order valence-corrected chi connectivity index (χ1v) is 8.44. The summed E-state index contributed by atoms with van der Waals surface area (Å²) in [7, 11) is 1.94. The smallest absolute Gasteiger partial charge is 0.277 e. The molecule has 0 aliphatic carbocycles. The van der Waals surface area contributed by atoms with Gasteiger partial charge in [-0.3, -0.25) is 9.59 Å². The zero-order valence-corrected chi connectivity index (χ0v) is 15.2. The Morgan fingerprint density at radius 1 is 1.36 bits per heavy atom. The number of nitrogens with zero attached hydrogens (tertiary/aromatic N) is 4. The lowest BCUT2D eigenvalue weighted by Crippen LogP contribution is -2.43. The Balaban J connectivity index is 0.00000225. The predicted octanol–water partition coefficient (Wildman–Crippen LogP) is 1.06. The maximum Gasteiger partial charge on any atom is 0.277 e. The highest BCUT2D eigenvalue weighted by atomic mass is 35.5. The Labute approximate surface area is 152 Å². The van der Waals surface area contributed by atoms with Gasteiger partial charge in [0.25, 0.3) is 5.56 Å². The molecule has 1 aromatic carbocycles. The second-order valence-corrected chi connectivity index (χ2v) is 6.29. The number of hydrogen-bond acceptors (Lipinski definition) is 5. The molecule has 2 aromatic rings. The molecule has 0 radical (unpaired) electrons. The molecule has 2 heterocycles. The van der Waals surface area contributed by atoms with E-state index < -0.39 is 0 Å². The minimum Gasteiger partial charge on any atom is -0.342 e. The van der Waals surface area contributed by atoms with E-state index in [1.165, 1.54) is 4.68 Å². The van der Waals surface area contributed by atoms with Crippen LogP contribution >= 0.6 is 12.4 Å². The lowest BCUT2D eigenvalue weighted by atomic mass is 9.98. The highest BCUT2D eigenvalue weighted by molar-refractivity contribution is 5.85. The fourth-order valence-corrected chi connectivity index (χ4v) is 3.28. The van der Waals surface area contributed by atoms with Crippen LogP contribution in [0, 0.1) is 5.92 Å². The number of piperidine rings is 1. The average molecular weight is 366 g/mol. The largest absolute Gasteiger partial charge is 0.342 e. The molecule has 8 heteroatoms. The summed E-state index contributed by atoms with van der Waals surface area (Å²) >= 11 is 0. The highest BCUT2D eigenvalue weighted by Crippen LogP contribution is 2.16. The van der Waals surface area contributed by atoms with Gasteiger partial charge in [0.2, 0.25) is 5.91 Å². The van der Waals surface area contributed by atoms with Gasteiger partial charge in [0, 0.05) is 19.5 Å². The van der Waals surface area contributed by atoms with E-state index in [0.717, 1.165) is 32.5 Å². The first-order valence-electron chi connectivity index (χ1n) is 8.44. The normalized spacial score (nSPS) is 17.3. The number of aromatic nitrogens is 3. The van der Waals surface area contributed by atoms with E-state index in [1.807, 2.05) is 18.0 Å². The minimum atomic E-state index is -0.194. The summed E-state index contributed by atoms with van der Waals surface area (Å²) in [6.45, 7) is 2.79. The lowest BCUT2D eigenvalue weighted by molar-refractivity contribution is -0.133. The van der Waals surface area contributed by atoms with Crippen molar-refractivity contribution in [3.05, 3.63) is 34.6 Å². The monoisotopic (exact) mass is 365 g/mol. The summed E-state index contributed by atoms with van der Waals surface area (Å²) < 4.78 is 1.29. The first-order chi connectivity index (χ1) is 11.7. The number of carbonyl (C=O) groups excluding carboxylic acids is 1. The summed E-state index contributed by atoms with van der Waals surface area (Å²) in [5.41, 5.74) is 0.385. The van der Waals surface area contributed by atoms with E-state index in [-0.39, 0.29) is 36.8 Å². The standard InChI is InChI=1S/C17H23N5O2.ClH/c1-18-11-13-5-4-9-21(12-13)16(23)8-10-22-17(24)14-6-2-3-7-15(14)19-20-22;/h2-3,6-7,13,18H,4-5,8-12H2,1H3;1H. The van der Waals surface area contributed by atoms with Crippen molar-refractivity contribution in [1.82, 2.24) is 25.2 Å². The van der Waals surface area contributed by atoms with Crippen LogP contribution in [0.1, 0.15) is 19.3 Å². The molecule has 1 unspecified atom stereocenters. The van der Waals surface area contributed by atoms with Crippen LogP contribution in [-0.4, -0.2) is 52.5 Å². The third-order valence-electron chi connectivity index (χ3n) is 4.53. The van der Waals surface area contributed by atoms with Crippen LogP contribution in [0.2, 0.25) is 0 Å². The number of amides is 1. The van der Waals surface area contributed by atoms with Crippen LogP contribution in [0.4, 0.5) is 0 Å². The van der Waals surface area contributed by atoms with Crippen molar-refractivity contribution < 1.29 is 4.79 Å². The molecule has 0 spiro atoms. The number of aryl methyl sites for hydroxylation is 1. The van der Waals surface area contributed by atoms with Gasteiger partial charge in [0.1, 0.15) is 5.52 Å². The Morgan fingerprint density at radius 3 is 2.96 bits per heavy atom. The van der Waals surface area contributed by atoms with Gasteiger partial charge >= 0.3 is 0 Å². The molecule has 7 nitrogen and oxygen atoms in total.